The molecule has 0 amide bonds. The first-order valence-corrected chi connectivity index (χ1v) is 15.4. The number of phenols is 1. The number of aryl methyl sites for hydroxylation is 1. The van der Waals surface area contributed by atoms with Crippen LogP contribution in [0.4, 0.5) is 0 Å². The molecular formula is C34H42OP+. The van der Waals surface area contributed by atoms with Crippen LogP contribution < -0.4 is 15.9 Å². The molecule has 1 nitrogen and oxygen atoms in total. The minimum Gasteiger partial charge on any atom is -0.508 e. The van der Waals surface area contributed by atoms with Crippen molar-refractivity contribution in [2.75, 3.05) is 6.16 Å². The van der Waals surface area contributed by atoms with Crippen LogP contribution in [-0.4, -0.2) is 11.3 Å². The Bertz CT molecular complexity index is 1030. The van der Waals surface area contributed by atoms with E-state index in [1.807, 2.05) is 18.2 Å². The van der Waals surface area contributed by atoms with Crippen molar-refractivity contribution in [1.82, 2.24) is 0 Å². The molecule has 0 aliphatic carbocycles. The van der Waals surface area contributed by atoms with E-state index in [0.29, 0.717) is 5.75 Å². The first kappa shape index (κ1) is 27.7. The summed E-state index contributed by atoms with van der Waals surface area (Å²) in [5.41, 5.74) is 1.09. The summed E-state index contributed by atoms with van der Waals surface area (Å²) >= 11 is 0. The topological polar surface area (TPSA) is 20.2 Å². The van der Waals surface area contributed by atoms with Gasteiger partial charge in [0.15, 0.2) is 0 Å². The van der Waals surface area contributed by atoms with Crippen molar-refractivity contribution in [2.45, 2.75) is 52.9 Å². The van der Waals surface area contributed by atoms with Crippen molar-refractivity contribution >= 4 is 23.2 Å². The fraction of sp³-hybridized carbons (Fsp3) is 0.294. The average Bonchev–Trinajstić information content (AvgIpc) is 2.92. The molecule has 4 aromatic carbocycles. The molecule has 0 spiro atoms. The van der Waals surface area contributed by atoms with Gasteiger partial charge in [-0.2, -0.15) is 0 Å². The van der Waals surface area contributed by atoms with Crippen molar-refractivity contribution in [1.29, 1.82) is 0 Å². The van der Waals surface area contributed by atoms with Gasteiger partial charge in [0.1, 0.15) is 28.9 Å². The summed E-state index contributed by atoms with van der Waals surface area (Å²) in [6.07, 6.45) is 7.23. The van der Waals surface area contributed by atoms with Gasteiger partial charge in [-0.15, -0.1) is 0 Å². The second-order valence-electron chi connectivity index (χ2n) is 9.75. The molecule has 1 N–H and O–H groups in total. The third-order valence-electron chi connectivity index (χ3n) is 6.78. The van der Waals surface area contributed by atoms with E-state index in [0.717, 1.165) is 24.1 Å². The number of benzene rings is 4. The molecule has 4 aromatic rings. The van der Waals surface area contributed by atoms with Crippen LogP contribution in [0.15, 0.2) is 115 Å². The largest absolute Gasteiger partial charge is 0.508 e. The number of para-hydroxylation sites is 1. The van der Waals surface area contributed by atoms with Gasteiger partial charge < -0.3 is 5.11 Å². The molecule has 4 rings (SSSR count). The molecule has 0 aromatic heterocycles. The summed E-state index contributed by atoms with van der Waals surface area (Å²) in [6, 6.07) is 40.6. The van der Waals surface area contributed by atoms with E-state index in [9.17, 15) is 5.11 Å². The molecule has 0 heterocycles. The van der Waals surface area contributed by atoms with Crippen molar-refractivity contribution in [2.24, 2.45) is 5.92 Å². The first-order chi connectivity index (χ1) is 17.6. The highest BCUT2D eigenvalue weighted by Crippen LogP contribution is 2.54. The SMILES string of the molecule is CC(C)CCCCCc1ccccc1O.CC[P+](c1ccccc1)(c1ccccc1)c1ccccc1. The summed E-state index contributed by atoms with van der Waals surface area (Å²) in [5.74, 6) is 1.26. The van der Waals surface area contributed by atoms with Crippen LogP contribution in [0.3, 0.4) is 0 Å². The molecule has 0 bridgehead atoms. The molecule has 0 radical (unpaired) electrons. The Morgan fingerprint density at radius 3 is 1.44 bits per heavy atom. The maximum atomic E-state index is 9.56. The lowest BCUT2D eigenvalue weighted by molar-refractivity contribution is 0.465. The number of hydrogen-bond acceptors (Lipinski definition) is 1. The Balaban J connectivity index is 0.000000214. The van der Waals surface area contributed by atoms with Crippen LogP contribution in [-0.2, 0) is 6.42 Å². The Morgan fingerprint density at radius 1 is 0.583 bits per heavy atom. The van der Waals surface area contributed by atoms with Crippen LogP contribution in [0.25, 0.3) is 0 Å². The lowest BCUT2D eigenvalue weighted by Crippen LogP contribution is -2.32. The summed E-state index contributed by atoms with van der Waals surface area (Å²) in [4.78, 5) is 0. The van der Waals surface area contributed by atoms with E-state index >= 15 is 0 Å². The molecule has 0 saturated carbocycles. The molecule has 0 fully saturated rings. The molecule has 188 valence electrons. The van der Waals surface area contributed by atoms with E-state index in [2.05, 4.69) is 112 Å². The van der Waals surface area contributed by atoms with Crippen molar-refractivity contribution in [3.8, 4) is 5.75 Å². The van der Waals surface area contributed by atoms with Gasteiger partial charge in [-0.05, 0) is 73.7 Å². The third kappa shape index (κ3) is 7.55. The molecule has 36 heavy (non-hydrogen) atoms. The average molecular weight is 498 g/mol. The zero-order chi connectivity index (χ0) is 25.6. The predicted molar refractivity (Wildman–Crippen MR) is 161 cm³/mol. The van der Waals surface area contributed by atoms with Gasteiger partial charge in [-0.1, -0.05) is 106 Å². The van der Waals surface area contributed by atoms with Crippen LogP contribution in [0, 0.1) is 5.92 Å². The van der Waals surface area contributed by atoms with Gasteiger partial charge in [0, 0.05) is 0 Å². The fourth-order valence-electron chi connectivity index (χ4n) is 4.81. The molecular weight excluding hydrogens is 455 g/mol. The van der Waals surface area contributed by atoms with E-state index in [1.165, 1.54) is 41.6 Å². The number of hydrogen-bond donors (Lipinski definition) is 1. The van der Waals surface area contributed by atoms with Crippen LogP contribution in [0.2, 0.25) is 0 Å². The Labute approximate surface area is 219 Å². The molecule has 2 heteroatoms. The fourth-order valence-corrected chi connectivity index (χ4v) is 8.84. The summed E-state index contributed by atoms with van der Waals surface area (Å²) < 4.78 is 0. The highest BCUT2D eigenvalue weighted by molar-refractivity contribution is 7.95. The first-order valence-electron chi connectivity index (χ1n) is 13.4. The third-order valence-corrected chi connectivity index (χ3v) is 11.3. The maximum Gasteiger partial charge on any atom is 0.118 e. The van der Waals surface area contributed by atoms with Gasteiger partial charge in [-0.25, -0.2) is 0 Å². The van der Waals surface area contributed by atoms with Gasteiger partial charge in [-0.3, -0.25) is 0 Å². The lowest BCUT2D eigenvalue weighted by atomic mass is 10.0. The van der Waals surface area contributed by atoms with E-state index in [1.54, 1.807) is 6.07 Å². The zero-order valence-corrected chi connectivity index (χ0v) is 23.1. The van der Waals surface area contributed by atoms with E-state index in [-0.39, 0.29) is 0 Å². The van der Waals surface area contributed by atoms with Gasteiger partial charge in [0.2, 0.25) is 0 Å². The zero-order valence-electron chi connectivity index (χ0n) is 22.2. The normalized spacial score (nSPS) is 11.1. The van der Waals surface area contributed by atoms with E-state index in [4.69, 9.17) is 0 Å². The smallest absolute Gasteiger partial charge is 0.118 e. The molecule has 0 aliphatic heterocycles. The lowest BCUT2D eigenvalue weighted by Gasteiger charge is -2.26. The highest BCUT2D eigenvalue weighted by Gasteiger charge is 2.43. The molecule has 0 atom stereocenters. The van der Waals surface area contributed by atoms with Gasteiger partial charge >= 0.3 is 0 Å². The molecule has 0 unspecified atom stereocenters. The molecule has 0 saturated heterocycles. The van der Waals surface area contributed by atoms with Crippen LogP contribution >= 0.6 is 7.26 Å². The number of phenolic OH excluding ortho intramolecular Hbond substituents is 1. The van der Waals surface area contributed by atoms with Crippen molar-refractivity contribution in [3.05, 3.63) is 121 Å². The Morgan fingerprint density at radius 2 is 1.03 bits per heavy atom. The Kier molecular flexibility index (Phi) is 11.2. The minimum atomic E-state index is -1.53. The standard InChI is InChI=1S/C20H20P.C14H22O/c1-2-21(18-12-6-3-7-13-18,19-14-8-4-9-15-19)20-16-10-5-11-17-20;1-12(2)8-4-3-5-9-13-10-6-7-11-14(13)15/h3-17H,2H2,1H3;6-7,10-12,15H,3-5,8-9H2,1-2H3/q+1;. The summed E-state index contributed by atoms with van der Waals surface area (Å²) in [6.45, 7) is 6.85. The second kappa shape index (κ2) is 14.6. The van der Waals surface area contributed by atoms with Crippen molar-refractivity contribution in [3.63, 3.8) is 0 Å². The molecule has 0 aliphatic rings. The quantitative estimate of drug-likeness (QED) is 0.173. The van der Waals surface area contributed by atoms with Crippen molar-refractivity contribution < 1.29 is 5.11 Å². The van der Waals surface area contributed by atoms with Gasteiger partial charge in [0.05, 0.1) is 6.16 Å². The van der Waals surface area contributed by atoms with E-state index < -0.39 is 7.26 Å². The Hall–Kier alpha value is -2.89. The van der Waals surface area contributed by atoms with Gasteiger partial charge in [0.25, 0.3) is 0 Å². The summed E-state index contributed by atoms with van der Waals surface area (Å²) in [7, 11) is -1.53. The maximum absolute atomic E-state index is 9.56. The van der Waals surface area contributed by atoms with Crippen LogP contribution in [0.5, 0.6) is 5.75 Å². The number of unbranched alkanes of at least 4 members (excludes halogenated alkanes) is 2. The monoisotopic (exact) mass is 497 g/mol. The second-order valence-corrected chi connectivity index (χ2v) is 13.6. The summed E-state index contributed by atoms with van der Waals surface area (Å²) in [5, 5.41) is 13.9. The predicted octanol–water partition coefficient (Wildman–Crippen LogP) is 8.15. The minimum absolute atomic E-state index is 0.446. The number of aromatic hydroxyl groups is 1. The van der Waals surface area contributed by atoms with Crippen LogP contribution in [0.1, 0.15) is 52.0 Å². The highest BCUT2D eigenvalue weighted by atomic mass is 31.2. The number of rotatable bonds is 10.